The Morgan fingerprint density at radius 1 is 1.03 bits per heavy atom. The molecule has 0 aliphatic rings. The number of imidazole rings is 1. The largest absolute Gasteiger partial charge is 0.481 e. The molecule has 1 aromatic carbocycles. The van der Waals surface area contributed by atoms with Crippen molar-refractivity contribution in [3.63, 3.8) is 0 Å². The number of nitrogens with two attached hydrogens (primary N) is 1. The van der Waals surface area contributed by atoms with Gasteiger partial charge in [0.2, 0.25) is 5.91 Å². The Labute approximate surface area is 194 Å². The summed E-state index contributed by atoms with van der Waals surface area (Å²) in [5, 5.41) is 12.7. The quantitative estimate of drug-likeness (QED) is 0.310. The number of aryl methyl sites for hydroxylation is 2. The molecule has 0 bridgehead atoms. The Morgan fingerprint density at radius 2 is 1.82 bits per heavy atom. The van der Waals surface area contributed by atoms with Crippen molar-refractivity contribution in [3.8, 4) is 0 Å². The lowest BCUT2D eigenvalue weighted by Crippen LogP contribution is -2.24. The minimum Gasteiger partial charge on any atom is -0.481 e. The van der Waals surface area contributed by atoms with Crippen LogP contribution >= 0.6 is 0 Å². The van der Waals surface area contributed by atoms with Gasteiger partial charge in [-0.3, -0.25) is 9.59 Å². The Balaban J connectivity index is 1.58. The summed E-state index contributed by atoms with van der Waals surface area (Å²) < 4.78 is 2.29. The van der Waals surface area contributed by atoms with Gasteiger partial charge in [0.25, 0.3) is 0 Å². The maximum absolute atomic E-state index is 12.0. The summed E-state index contributed by atoms with van der Waals surface area (Å²) >= 11 is 0. The second-order valence-corrected chi connectivity index (χ2v) is 8.51. The van der Waals surface area contributed by atoms with Crippen molar-refractivity contribution in [2.75, 3.05) is 12.3 Å². The Hall–Kier alpha value is -3.16. The van der Waals surface area contributed by atoms with Crippen molar-refractivity contribution < 1.29 is 14.7 Å². The number of carboxylic acids is 1. The third-order valence-corrected chi connectivity index (χ3v) is 5.87. The molecule has 3 aromatic rings. The molecule has 0 saturated heterocycles. The second kappa shape index (κ2) is 12.2. The summed E-state index contributed by atoms with van der Waals surface area (Å²) in [5.41, 5.74) is 8.95. The fraction of sp³-hybridized carbons (Fsp3) is 0.520. The lowest BCUT2D eigenvalue weighted by Gasteiger charge is -2.11. The topological polar surface area (TPSA) is 123 Å². The van der Waals surface area contributed by atoms with Crippen LogP contribution in [0.4, 0.5) is 5.82 Å². The van der Waals surface area contributed by atoms with E-state index in [4.69, 9.17) is 15.8 Å². The second-order valence-electron chi connectivity index (χ2n) is 8.51. The first-order chi connectivity index (χ1) is 16.0. The van der Waals surface area contributed by atoms with Crippen LogP contribution in [0, 0.1) is 0 Å². The van der Waals surface area contributed by atoms with Crippen LogP contribution in [0.15, 0.2) is 24.3 Å². The van der Waals surface area contributed by atoms with Crippen LogP contribution in [0.1, 0.15) is 70.5 Å². The number of carboxylic acid groups (broad SMARTS) is 1. The zero-order valence-corrected chi connectivity index (χ0v) is 19.5. The van der Waals surface area contributed by atoms with Crippen molar-refractivity contribution >= 4 is 39.6 Å². The zero-order chi connectivity index (χ0) is 23.6. The third-order valence-electron chi connectivity index (χ3n) is 5.87. The van der Waals surface area contributed by atoms with Crippen LogP contribution in [-0.2, 0) is 22.6 Å². The van der Waals surface area contributed by atoms with Crippen molar-refractivity contribution in [2.24, 2.45) is 0 Å². The number of fused-ring (bicyclic) bond motifs is 3. The molecule has 0 unspecified atom stereocenters. The van der Waals surface area contributed by atoms with Gasteiger partial charge in [0.15, 0.2) is 5.82 Å². The summed E-state index contributed by atoms with van der Waals surface area (Å²) in [6.45, 7) is 3.62. The molecule has 33 heavy (non-hydrogen) atoms. The van der Waals surface area contributed by atoms with Crippen LogP contribution in [-0.4, -0.2) is 38.1 Å². The van der Waals surface area contributed by atoms with Gasteiger partial charge in [-0.05, 0) is 38.2 Å². The summed E-state index contributed by atoms with van der Waals surface area (Å²) in [7, 11) is 0. The van der Waals surface area contributed by atoms with Gasteiger partial charge in [-0.25, -0.2) is 9.97 Å². The lowest BCUT2D eigenvalue weighted by molar-refractivity contribution is -0.137. The molecule has 0 fully saturated rings. The Kier molecular flexibility index (Phi) is 9.04. The monoisotopic (exact) mass is 453 g/mol. The van der Waals surface area contributed by atoms with Crippen molar-refractivity contribution in [2.45, 2.75) is 77.7 Å². The number of hydrogen-bond acceptors (Lipinski definition) is 5. The average molecular weight is 454 g/mol. The lowest BCUT2D eigenvalue weighted by atomic mass is 10.1. The number of anilines is 1. The third kappa shape index (κ3) is 6.66. The van der Waals surface area contributed by atoms with E-state index in [1.54, 1.807) is 0 Å². The van der Waals surface area contributed by atoms with E-state index in [1.165, 1.54) is 0 Å². The van der Waals surface area contributed by atoms with Crippen molar-refractivity contribution in [1.82, 2.24) is 19.9 Å². The SMILES string of the molecule is CCCCc1nc2c(N)nc3ccccc3c2n1CCCCNC(=O)CCCCCC(=O)O. The van der Waals surface area contributed by atoms with E-state index in [2.05, 4.69) is 27.9 Å². The molecular weight excluding hydrogens is 418 g/mol. The molecule has 2 heterocycles. The standard InChI is InChI=1S/C25H35N5O3/c1-2-3-13-20-29-23-24(18-11-7-8-12-19(18)28-25(23)26)30(20)17-10-9-16-27-21(31)14-5-4-6-15-22(32)33/h7-8,11-12H,2-6,9-10,13-17H2,1H3,(H2,26,28)(H,27,31)(H,32,33). The molecule has 2 aromatic heterocycles. The molecule has 178 valence electrons. The minimum absolute atomic E-state index is 0.0342. The van der Waals surface area contributed by atoms with Crippen molar-refractivity contribution in [1.29, 1.82) is 0 Å². The highest BCUT2D eigenvalue weighted by atomic mass is 16.4. The molecule has 0 saturated carbocycles. The highest BCUT2D eigenvalue weighted by Crippen LogP contribution is 2.29. The number of nitrogens with one attached hydrogen (secondary N) is 1. The molecule has 1 amide bonds. The number of aliphatic carboxylic acids is 1. The van der Waals surface area contributed by atoms with Gasteiger partial charge >= 0.3 is 5.97 Å². The number of amides is 1. The molecule has 4 N–H and O–H groups in total. The first-order valence-electron chi connectivity index (χ1n) is 12.0. The highest BCUT2D eigenvalue weighted by molar-refractivity contribution is 6.06. The highest BCUT2D eigenvalue weighted by Gasteiger charge is 2.16. The van der Waals surface area contributed by atoms with Gasteiger partial charge < -0.3 is 20.7 Å². The fourth-order valence-electron chi connectivity index (χ4n) is 4.12. The number of aromatic nitrogens is 3. The molecule has 8 heteroatoms. The van der Waals surface area contributed by atoms with Crippen LogP contribution in [0.3, 0.4) is 0 Å². The molecule has 3 rings (SSSR count). The maximum Gasteiger partial charge on any atom is 0.303 e. The molecule has 0 atom stereocenters. The number of unbranched alkanes of at least 4 members (excludes halogenated alkanes) is 4. The fourth-order valence-corrected chi connectivity index (χ4v) is 4.12. The van der Waals surface area contributed by atoms with Gasteiger partial charge in [0.05, 0.1) is 11.0 Å². The van der Waals surface area contributed by atoms with Crippen LogP contribution in [0.2, 0.25) is 0 Å². The molecule has 0 aliphatic carbocycles. The number of nitrogen functional groups attached to an aromatic ring is 1. The summed E-state index contributed by atoms with van der Waals surface area (Å²) in [5.74, 6) is 0.764. The van der Waals surface area contributed by atoms with E-state index in [1.807, 2.05) is 18.2 Å². The smallest absolute Gasteiger partial charge is 0.303 e. The van der Waals surface area contributed by atoms with Gasteiger partial charge in [-0.2, -0.15) is 0 Å². The van der Waals surface area contributed by atoms with Gasteiger partial charge in [-0.1, -0.05) is 38.0 Å². The normalized spacial score (nSPS) is 11.3. The summed E-state index contributed by atoms with van der Waals surface area (Å²) in [4.78, 5) is 31.9. The Morgan fingerprint density at radius 3 is 2.61 bits per heavy atom. The Bertz CT molecular complexity index is 1090. The molecule has 0 aliphatic heterocycles. The minimum atomic E-state index is -0.782. The number of nitrogens with zero attached hydrogens (tertiary/aromatic N) is 3. The molecule has 8 nitrogen and oxygen atoms in total. The first-order valence-corrected chi connectivity index (χ1v) is 12.0. The van der Waals surface area contributed by atoms with Crippen molar-refractivity contribution in [3.05, 3.63) is 30.1 Å². The predicted octanol–water partition coefficient (Wildman–Crippen LogP) is 4.44. The zero-order valence-electron chi connectivity index (χ0n) is 19.5. The van der Waals surface area contributed by atoms with E-state index in [9.17, 15) is 9.59 Å². The summed E-state index contributed by atoms with van der Waals surface area (Å²) in [6.07, 6.45) is 7.58. The maximum atomic E-state index is 12.0. The van der Waals surface area contributed by atoms with Crippen LogP contribution in [0.25, 0.3) is 21.9 Å². The van der Waals surface area contributed by atoms with Gasteiger partial charge in [-0.15, -0.1) is 0 Å². The van der Waals surface area contributed by atoms with E-state index in [-0.39, 0.29) is 12.3 Å². The van der Waals surface area contributed by atoms with E-state index in [0.29, 0.717) is 25.2 Å². The number of benzene rings is 1. The van der Waals surface area contributed by atoms with Crippen LogP contribution < -0.4 is 11.1 Å². The number of para-hydroxylation sites is 1. The number of pyridine rings is 1. The molecule has 0 radical (unpaired) electrons. The number of carbonyl (C=O) groups is 2. The van der Waals surface area contributed by atoms with E-state index >= 15 is 0 Å². The van der Waals surface area contributed by atoms with Gasteiger partial charge in [0.1, 0.15) is 11.3 Å². The number of hydrogen-bond donors (Lipinski definition) is 3. The number of carbonyl (C=O) groups excluding carboxylic acids is 1. The molecular formula is C25H35N5O3. The van der Waals surface area contributed by atoms with Crippen LogP contribution in [0.5, 0.6) is 0 Å². The van der Waals surface area contributed by atoms with E-state index < -0.39 is 5.97 Å². The number of rotatable bonds is 14. The molecule has 0 spiro atoms. The first kappa shape index (κ1) is 24.5. The van der Waals surface area contributed by atoms with E-state index in [0.717, 1.165) is 79.3 Å². The average Bonchev–Trinajstić information content (AvgIpc) is 3.16. The van der Waals surface area contributed by atoms with Gasteiger partial charge in [0, 0.05) is 37.7 Å². The predicted molar refractivity (Wildman–Crippen MR) is 131 cm³/mol. The summed E-state index contributed by atoms with van der Waals surface area (Å²) in [6, 6.07) is 8.03.